The Bertz CT molecular complexity index is 1070. The number of hydrogen-bond donors (Lipinski definition) is 2. The van der Waals surface area contributed by atoms with Gasteiger partial charge in [-0.05, 0) is 48.2 Å². The summed E-state index contributed by atoms with van der Waals surface area (Å²) in [5, 5.41) is 5.93. The number of carbonyl (C=O) groups is 2. The van der Waals surface area contributed by atoms with Gasteiger partial charge >= 0.3 is 0 Å². The number of carbonyl (C=O) groups excluding carboxylic acids is 2. The zero-order chi connectivity index (χ0) is 23.1. The van der Waals surface area contributed by atoms with Gasteiger partial charge in [0.2, 0.25) is 5.91 Å². The molecule has 0 bridgehead atoms. The van der Waals surface area contributed by atoms with Crippen LogP contribution in [0.2, 0.25) is 0 Å². The van der Waals surface area contributed by atoms with Crippen molar-refractivity contribution in [3.63, 3.8) is 0 Å². The number of benzene rings is 3. The van der Waals surface area contributed by atoms with Crippen LogP contribution in [-0.4, -0.2) is 31.6 Å². The molecule has 3 aromatic carbocycles. The average Bonchev–Trinajstić information content (AvgIpc) is 2.87. The molecule has 1 atom stereocenters. The van der Waals surface area contributed by atoms with Crippen LogP contribution in [0.5, 0.6) is 0 Å². The predicted molar refractivity (Wildman–Crippen MR) is 124 cm³/mol. The number of ether oxygens (including phenoxy) is 1. The van der Waals surface area contributed by atoms with Crippen LogP contribution in [0.1, 0.15) is 40.4 Å². The van der Waals surface area contributed by atoms with Crippen LogP contribution in [0.4, 0.5) is 4.39 Å². The summed E-state index contributed by atoms with van der Waals surface area (Å²) in [5.41, 5.74) is 1.80. The highest BCUT2D eigenvalue weighted by Gasteiger charge is 2.36. The monoisotopic (exact) mass is 446 g/mol. The number of halogens is 1. The van der Waals surface area contributed by atoms with Gasteiger partial charge in [-0.3, -0.25) is 9.59 Å². The lowest BCUT2D eigenvalue weighted by Gasteiger charge is -2.38. The summed E-state index contributed by atoms with van der Waals surface area (Å²) in [7, 11) is 0. The molecule has 1 unspecified atom stereocenters. The summed E-state index contributed by atoms with van der Waals surface area (Å²) >= 11 is 0. The minimum absolute atomic E-state index is 0.293. The van der Waals surface area contributed by atoms with E-state index >= 15 is 0 Å². The Morgan fingerprint density at radius 1 is 0.879 bits per heavy atom. The molecule has 0 radical (unpaired) electrons. The van der Waals surface area contributed by atoms with E-state index < -0.39 is 6.04 Å². The Kier molecular flexibility index (Phi) is 7.15. The summed E-state index contributed by atoms with van der Waals surface area (Å²) in [4.78, 5) is 26.2. The van der Waals surface area contributed by atoms with Gasteiger partial charge in [-0.25, -0.2) is 4.39 Å². The molecule has 170 valence electrons. The van der Waals surface area contributed by atoms with E-state index in [-0.39, 0.29) is 23.0 Å². The molecule has 1 saturated heterocycles. The van der Waals surface area contributed by atoms with Crippen LogP contribution in [0, 0.1) is 5.82 Å². The summed E-state index contributed by atoms with van der Waals surface area (Å²) in [6.45, 7) is 1.51. The lowest BCUT2D eigenvalue weighted by Crippen LogP contribution is -2.48. The summed E-state index contributed by atoms with van der Waals surface area (Å²) in [6.07, 6.45) is 1.43. The number of amides is 2. The maximum Gasteiger partial charge on any atom is 0.252 e. The Labute approximate surface area is 193 Å². The highest BCUT2D eigenvalue weighted by atomic mass is 19.1. The fourth-order valence-electron chi connectivity index (χ4n) is 4.24. The zero-order valence-corrected chi connectivity index (χ0v) is 18.3. The van der Waals surface area contributed by atoms with E-state index in [9.17, 15) is 14.0 Å². The molecule has 1 fully saturated rings. The predicted octanol–water partition coefficient (Wildman–Crippen LogP) is 4.16. The molecule has 1 aliphatic heterocycles. The maximum absolute atomic E-state index is 13.5. The topological polar surface area (TPSA) is 67.4 Å². The molecule has 2 N–H and O–H groups in total. The van der Waals surface area contributed by atoms with Crippen molar-refractivity contribution in [1.29, 1.82) is 0 Å². The average molecular weight is 447 g/mol. The van der Waals surface area contributed by atoms with Crippen molar-refractivity contribution in [1.82, 2.24) is 10.6 Å². The molecular formula is C27H27FN2O3. The molecule has 2 amide bonds. The van der Waals surface area contributed by atoms with Crippen LogP contribution in [0.25, 0.3) is 0 Å². The highest BCUT2D eigenvalue weighted by Crippen LogP contribution is 2.34. The van der Waals surface area contributed by atoms with E-state index in [2.05, 4.69) is 10.6 Å². The molecule has 33 heavy (non-hydrogen) atoms. The Balaban J connectivity index is 1.54. The zero-order valence-electron chi connectivity index (χ0n) is 18.3. The first kappa shape index (κ1) is 22.7. The van der Waals surface area contributed by atoms with E-state index in [1.807, 2.05) is 36.4 Å². The van der Waals surface area contributed by atoms with Gasteiger partial charge in [0, 0.05) is 30.7 Å². The molecule has 0 aromatic heterocycles. The van der Waals surface area contributed by atoms with Gasteiger partial charge in [-0.15, -0.1) is 0 Å². The van der Waals surface area contributed by atoms with Gasteiger partial charge in [-0.2, -0.15) is 0 Å². The molecular weight excluding hydrogens is 419 g/mol. The van der Waals surface area contributed by atoms with Gasteiger partial charge in [0.1, 0.15) is 11.9 Å². The second kappa shape index (κ2) is 10.4. The van der Waals surface area contributed by atoms with Gasteiger partial charge < -0.3 is 15.4 Å². The number of nitrogens with one attached hydrogen (secondary N) is 2. The van der Waals surface area contributed by atoms with E-state index in [0.717, 1.165) is 5.56 Å². The third-order valence-corrected chi connectivity index (χ3v) is 6.21. The van der Waals surface area contributed by atoms with Crippen molar-refractivity contribution in [2.45, 2.75) is 24.3 Å². The van der Waals surface area contributed by atoms with Gasteiger partial charge in [-0.1, -0.05) is 60.7 Å². The van der Waals surface area contributed by atoms with Crippen LogP contribution in [0.3, 0.4) is 0 Å². The fraction of sp³-hybridized carbons (Fsp3) is 0.259. The van der Waals surface area contributed by atoms with Crippen molar-refractivity contribution in [3.05, 3.63) is 107 Å². The minimum Gasteiger partial charge on any atom is -0.381 e. The minimum atomic E-state index is -0.844. The first-order valence-corrected chi connectivity index (χ1v) is 11.1. The molecule has 6 heteroatoms. The van der Waals surface area contributed by atoms with Crippen molar-refractivity contribution < 1.29 is 18.7 Å². The molecule has 1 heterocycles. The van der Waals surface area contributed by atoms with Crippen molar-refractivity contribution in [2.24, 2.45) is 0 Å². The summed E-state index contributed by atoms with van der Waals surface area (Å²) in [5.74, 6) is -0.907. The summed E-state index contributed by atoms with van der Waals surface area (Å²) < 4.78 is 19.1. The van der Waals surface area contributed by atoms with Gasteiger partial charge in [0.15, 0.2) is 0 Å². The lowest BCUT2D eigenvalue weighted by molar-refractivity contribution is -0.123. The highest BCUT2D eigenvalue weighted by molar-refractivity contribution is 5.97. The second-order valence-corrected chi connectivity index (χ2v) is 8.30. The molecule has 5 nitrogen and oxygen atoms in total. The first-order chi connectivity index (χ1) is 16.1. The smallest absolute Gasteiger partial charge is 0.252 e. The van der Waals surface area contributed by atoms with Gasteiger partial charge in [0.25, 0.3) is 5.91 Å². The van der Waals surface area contributed by atoms with E-state index in [0.29, 0.717) is 43.7 Å². The second-order valence-electron chi connectivity index (χ2n) is 8.30. The lowest BCUT2D eigenvalue weighted by atomic mass is 9.74. The quantitative estimate of drug-likeness (QED) is 0.573. The summed E-state index contributed by atoms with van der Waals surface area (Å²) in [6, 6.07) is 23.6. The fourth-order valence-corrected chi connectivity index (χ4v) is 4.24. The van der Waals surface area contributed by atoms with Crippen LogP contribution in [-0.2, 0) is 14.9 Å². The van der Waals surface area contributed by atoms with E-state index in [1.165, 1.54) is 12.1 Å². The normalized spacial score (nSPS) is 15.9. The van der Waals surface area contributed by atoms with Crippen molar-refractivity contribution >= 4 is 11.8 Å². The SMILES string of the molecule is O=C(NC(C(=O)NCC1(c2ccc(F)cc2)CCOCC1)c1ccccc1)c1ccccc1. The number of rotatable bonds is 7. The largest absolute Gasteiger partial charge is 0.381 e. The third kappa shape index (κ3) is 5.46. The van der Waals surface area contributed by atoms with Crippen molar-refractivity contribution in [2.75, 3.05) is 19.8 Å². The maximum atomic E-state index is 13.5. The molecule has 3 aromatic rings. The molecule has 1 aliphatic rings. The Morgan fingerprint density at radius 2 is 1.48 bits per heavy atom. The van der Waals surface area contributed by atoms with E-state index in [4.69, 9.17) is 4.74 Å². The third-order valence-electron chi connectivity index (χ3n) is 6.21. The molecule has 0 saturated carbocycles. The first-order valence-electron chi connectivity index (χ1n) is 11.1. The molecule has 0 spiro atoms. The standard InChI is InChI=1S/C27H27FN2O3/c28-23-13-11-22(12-14-23)27(15-17-33-18-16-27)19-29-26(32)24(20-7-3-1-4-8-20)30-25(31)21-9-5-2-6-10-21/h1-14,24H,15-19H2,(H,29,32)(H,30,31). The van der Waals surface area contributed by atoms with E-state index in [1.54, 1.807) is 36.4 Å². The van der Waals surface area contributed by atoms with Crippen LogP contribution < -0.4 is 10.6 Å². The van der Waals surface area contributed by atoms with Gasteiger partial charge in [0.05, 0.1) is 0 Å². The number of hydrogen-bond acceptors (Lipinski definition) is 3. The Morgan fingerprint density at radius 3 is 2.12 bits per heavy atom. The van der Waals surface area contributed by atoms with Crippen LogP contribution >= 0.6 is 0 Å². The molecule has 4 rings (SSSR count). The Hall–Kier alpha value is -3.51. The van der Waals surface area contributed by atoms with Crippen LogP contribution in [0.15, 0.2) is 84.9 Å². The molecule has 0 aliphatic carbocycles. The van der Waals surface area contributed by atoms with Crippen molar-refractivity contribution in [3.8, 4) is 0 Å².